The van der Waals surface area contributed by atoms with E-state index in [-0.39, 0.29) is 0 Å². The van der Waals surface area contributed by atoms with Gasteiger partial charge in [0.2, 0.25) is 0 Å². The lowest BCUT2D eigenvalue weighted by Gasteiger charge is -2.14. The first-order chi connectivity index (χ1) is 11.1. The molecule has 1 N–H and O–H groups in total. The van der Waals surface area contributed by atoms with Gasteiger partial charge in [0.25, 0.3) is 5.78 Å². The van der Waals surface area contributed by atoms with Crippen LogP contribution >= 0.6 is 0 Å². The molecule has 3 rings (SSSR count). The molecule has 0 radical (unpaired) electrons. The van der Waals surface area contributed by atoms with Gasteiger partial charge in [-0.1, -0.05) is 17.7 Å². The summed E-state index contributed by atoms with van der Waals surface area (Å²) in [5, 5.41) is 7.60. The van der Waals surface area contributed by atoms with E-state index in [1.165, 1.54) is 11.9 Å². The van der Waals surface area contributed by atoms with Gasteiger partial charge < -0.3 is 10.1 Å². The third-order valence-corrected chi connectivity index (χ3v) is 3.89. The highest BCUT2D eigenvalue weighted by molar-refractivity contribution is 5.51. The van der Waals surface area contributed by atoms with Crippen LogP contribution in [0.25, 0.3) is 5.78 Å². The molecule has 0 spiro atoms. The Bertz CT molecular complexity index is 840. The zero-order valence-electron chi connectivity index (χ0n) is 13.9. The molecule has 120 valence electrons. The van der Waals surface area contributed by atoms with E-state index in [0.29, 0.717) is 18.9 Å². The summed E-state index contributed by atoms with van der Waals surface area (Å²) < 4.78 is 7.58. The first-order valence-electron chi connectivity index (χ1n) is 7.67. The molecule has 1 aromatic carbocycles. The maximum Gasteiger partial charge on any atom is 0.254 e. The number of hydrogen-bond donors (Lipinski definition) is 1. The fraction of sp³-hybridized carbons (Fsp3) is 0.353. The second kappa shape index (κ2) is 6.24. The van der Waals surface area contributed by atoms with Crippen LogP contribution in [0.4, 0.5) is 5.82 Å². The van der Waals surface area contributed by atoms with Crippen LogP contribution < -0.4 is 10.1 Å². The second-order valence-electron chi connectivity index (χ2n) is 5.69. The van der Waals surface area contributed by atoms with Crippen molar-refractivity contribution in [1.82, 2.24) is 19.6 Å². The van der Waals surface area contributed by atoms with E-state index in [1.54, 1.807) is 4.52 Å². The summed E-state index contributed by atoms with van der Waals surface area (Å²) in [5.41, 5.74) is 4.40. The van der Waals surface area contributed by atoms with Crippen molar-refractivity contribution in [1.29, 1.82) is 0 Å². The second-order valence-corrected chi connectivity index (χ2v) is 5.69. The van der Waals surface area contributed by atoms with E-state index in [9.17, 15) is 0 Å². The predicted molar refractivity (Wildman–Crippen MR) is 90.2 cm³/mol. The molecule has 6 heteroatoms. The van der Waals surface area contributed by atoms with Gasteiger partial charge in [-0.15, -0.1) is 0 Å². The van der Waals surface area contributed by atoms with Crippen molar-refractivity contribution in [3.05, 3.63) is 46.9 Å². The SMILES string of the molecule is Cc1ccc(OCCNc2c(C)c(C)nc3ncnn23)c(C)c1. The molecule has 0 aliphatic carbocycles. The quantitative estimate of drug-likeness (QED) is 0.734. The summed E-state index contributed by atoms with van der Waals surface area (Å²) in [4.78, 5) is 8.56. The summed E-state index contributed by atoms with van der Waals surface area (Å²) >= 11 is 0. The van der Waals surface area contributed by atoms with Gasteiger partial charge in [0.1, 0.15) is 24.5 Å². The normalized spacial score (nSPS) is 11.0. The van der Waals surface area contributed by atoms with Crippen molar-refractivity contribution >= 4 is 11.6 Å². The van der Waals surface area contributed by atoms with Crippen molar-refractivity contribution in [3.8, 4) is 5.75 Å². The molecule has 6 nitrogen and oxygen atoms in total. The molecule has 0 atom stereocenters. The van der Waals surface area contributed by atoms with E-state index in [0.717, 1.165) is 28.4 Å². The van der Waals surface area contributed by atoms with Crippen molar-refractivity contribution in [2.24, 2.45) is 0 Å². The Balaban J connectivity index is 1.67. The van der Waals surface area contributed by atoms with Gasteiger partial charge in [0, 0.05) is 11.3 Å². The zero-order chi connectivity index (χ0) is 16.4. The Morgan fingerprint density at radius 2 is 2.00 bits per heavy atom. The van der Waals surface area contributed by atoms with Crippen LogP contribution in [0.2, 0.25) is 0 Å². The molecule has 0 saturated carbocycles. The van der Waals surface area contributed by atoms with Gasteiger partial charge in [0.15, 0.2) is 0 Å². The Morgan fingerprint density at radius 3 is 2.78 bits per heavy atom. The highest BCUT2D eigenvalue weighted by atomic mass is 16.5. The minimum atomic E-state index is 0.570. The lowest BCUT2D eigenvalue weighted by Crippen LogP contribution is -2.16. The Labute approximate surface area is 135 Å². The number of aromatic nitrogens is 4. The molecule has 23 heavy (non-hydrogen) atoms. The van der Waals surface area contributed by atoms with E-state index in [4.69, 9.17) is 4.74 Å². The maximum absolute atomic E-state index is 5.85. The molecule has 0 aliphatic rings. The molecule has 0 unspecified atom stereocenters. The van der Waals surface area contributed by atoms with Gasteiger partial charge in [0.05, 0.1) is 6.54 Å². The third-order valence-electron chi connectivity index (χ3n) is 3.89. The average Bonchev–Trinajstić information content (AvgIpc) is 2.96. The standard InChI is InChI=1S/C17H21N5O/c1-11-5-6-15(12(2)9-11)23-8-7-18-16-13(3)14(4)21-17-19-10-20-22(16)17/h5-6,9-10,18H,7-8H2,1-4H3. The minimum Gasteiger partial charge on any atom is -0.491 e. The third kappa shape index (κ3) is 3.11. The van der Waals surface area contributed by atoms with Crippen LogP contribution in [0.1, 0.15) is 22.4 Å². The molecule has 0 fully saturated rings. The summed E-state index contributed by atoms with van der Waals surface area (Å²) in [5.74, 6) is 2.44. The number of nitrogens with zero attached hydrogens (tertiary/aromatic N) is 4. The Kier molecular flexibility index (Phi) is 4.14. The Morgan fingerprint density at radius 1 is 1.17 bits per heavy atom. The molecule has 3 aromatic rings. The molecule has 0 bridgehead atoms. The topological polar surface area (TPSA) is 64.3 Å². The van der Waals surface area contributed by atoms with Crippen molar-refractivity contribution in [2.75, 3.05) is 18.5 Å². The number of anilines is 1. The van der Waals surface area contributed by atoms with Gasteiger partial charge in [-0.3, -0.25) is 0 Å². The number of rotatable bonds is 5. The minimum absolute atomic E-state index is 0.570. The Hall–Kier alpha value is -2.63. The van der Waals surface area contributed by atoms with Crippen LogP contribution in [-0.2, 0) is 0 Å². The monoisotopic (exact) mass is 311 g/mol. The summed E-state index contributed by atoms with van der Waals surface area (Å²) in [6, 6.07) is 6.20. The van der Waals surface area contributed by atoms with E-state index >= 15 is 0 Å². The smallest absolute Gasteiger partial charge is 0.254 e. The number of benzene rings is 1. The van der Waals surface area contributed by atoms with Crippen molar-refractivity contribution in [2.45, 2.75) is 27.7 Å². The maximum atomic E-state index is 5.85. The highest BCUT2D eigenvalue weighted by Crippen LogP contribution is 2.19. The van der Waals surface area contributed by atoms with Crippen LogP contribution in [0, 0.1) is 27.7 Å². The molecule has 2 aromatic heterocycles. The number of hydrogen-bond acceptors (Lipinski definition) is 5. The average molecular weight is 311 g/mol. The number of fused-ring (bicyclic) bond motifs is 1. The molecular weight excluding hydrogens is 290 g/mol. The molecule has 0 saturated heterocycles. The summed E-state index contributed by atoms with van der Waals surface area (Å²) in [7, 11) is 0. The molecule has 0 amide bonds. The highest BCUT2D eigenvalue weighted by Gasteiger charge is 2.10. The largest absolute Gasteiger partial charge is 0.491 e. The van der Waals surface area contributed by atoms with Crippen LogP contribution in [0.15, 0.2) is 24.5 Å². The number of aryl methyl sites for hydroxylation is 3. The fourth-order valence-electron chi connectivity index (χ4n) is 2.53. The van der Waals surface area contributed by atoms with Crippen LogP contribution in [0.3, 0.4) is 0 Å². The van der Waals surface area contributed by atoms with Gasteiger partial charge in [-0.25, -0.2) is 4.98 Å². The fourth-order valence-corrected chi connectivity index (χ4v) is 2.53. The number of nitrogens with one attached hydrogen (secondary N) is 1. The lowest BCUT2D eigenvalue weighted by atomic mass is 10.1. The summed E-state index contributed by atoms with van der Waals surface area (Å²) in [6.07, 6.45) is 1.51. The first kappa shape index (κ1) is 15.3. The molecule has 0 aliphatic heterocycles. The van der Waals surface area contributed by atoms with Crippen molar-refractivity contribution in [3.63, 3.8) is 0 Å². The van der Waals surface area contributed by atoms with Crippen LogP contribution in [0.5, 0.6) is 5.75 Å². The zero-order valence-corrected chi connectivity index (χ0v) is 13.9. The first-order valence-corrected chi connectivity index (χ1v) is 7.67. The van der Waals surface area contributed by atoms with E-state index < -0.39 is 0 Å². The summed E-state index contributed by atoms with van der Waals surface area (Å²) in [6.45, 7) is 9.38. The lowest BCUT2D eigenvalue weighted by molar-refractivity contribution is 0.330. The number of ether oxygens (including phenoxy) is 1. The van der Waals surface area contributed by atoms with Gasteiger partial charge in [-0.2, -0.15) is 14.6 Å². The predicted octanol–water partition coefficient (Wildman–Crippen LogP) is 2.85. The van der Waals surface area contributed by atoms with E-state index in [1.807, 2.05) is 19.9 Å². The van der Waals surface area contributed by atoms with Gasteiger partial charge in [-0.05, 0) is 39.3 Å². The van der Waals surface area contributed by atoms with Crippen molar-refractivity contribution < 1.29 is 4.74 Å². The van der Waals surface area contributed by atoms with Crippen LogP contribution in [-0.4, -0.2) is 32.7 Å². The molecule has 2 heterocycles. The van der Waals surface area contributed by atoms with Gasteiger partial charge >= 0.3 is 0 Å². The van der Waals surface area contributed by atoms with E-state index in [2.05, 4.69) is 46.4 Å². The molecular formula is C17H21N5O.